The van der Waals surface area contributed by atoms with Gasteiger partial charge >= 0.3 is 0 Å². The Hall–Kier alpha value is -3.47. The van der Waals surface area contributed by atoms with Crippen molar-refractivity contribution in [2.24, 2.45) is 5.73 Å². The van der Waals surface area contributed by atoms with E-state index in [0.29, 0.717) is 38.3 Å². The second kappa shape index (κ2) is 10.2. The van der Waals surface area contributed by atoms with E-state index in [9.17, 15) is 4.79 Å². The van der Waals surface area contributed by atoms with E-state index in [2.05, 4.69) is 32.7 Å². The van der Waals surface area contributed by atoms with E-state index in [1.54, 1.807) is 0 Å². The highest BCUT2D eigenvalue weighted by atomic mass is 16.2. The van der Waals surface area contributed by atoms with Crippen molar-refractivity contribution >= 4 is 5.91 Å². The minimum atomic E-state index is -0.166. The molecule has 1 aliphatic rings. The minimum absolute atomic E-state index is 0.166. The Labute approximate surface area is 188 Å². The molecule has 7 heteroatoms. The normalized spacial score (nSPS) is 16.0. The number of hydrogen-bond acceptors (Lipinski definition) is 5. The highest BCUT2D eigenvalue weighted by molar-refractivity contribution is 5.84. The van der Waals surface area contributed by atoms with Gasteiger partial charge in [-0.05, 0) is 29.7 Å². The van der Waals surface area contributed by atoms with Gasteiger partial charge in [0, 0.05) is 45.5 Å². The van der Waals surface area contributed by atoms with E-state index in [0.717, 1.165) is 29.8 Å². The van der Waals surface area contributed by atoms with E-state index in [1.807, 2.05) is 59.9 Å². The van der Waals surface area contributed by atoms with Crippen molar-refractivity contribution in [3.05, 3.63) is 89.5 Å². The predicted octanol–water partition coefficient (Wildman–Crippen LogP) is 2.36. The van der Waals surface area contributed by atoms with Gasteiger partial charge in [-0.25, -0.2) is 4.98 Å². The predicted molar refractivity (Wildman–Crippen MR) is 122 cm³/mol. The molecule has 3 aromatic rings. The summed E-state index contributed by atoms with van der Waals surface area (Å²) in [5.41, 5.74) is 9.83. The number of rotatable bonds is 9. The molecule has 0 saturated carbocycles. The van der Waals surface area contributed by atoms with Crippen LogP contribution in [0.2, 0.25) is 0 Å². The number of nitriles is 1. The van der Waals surface area contributed by atoms with Crippen LogP contribution in [0.3, 0.4) is 0 Å². The average molecular weight is 429 g/mol. The Kier molecular flexibility index (Phi) is 6.95. The first-order chi connectivity index (χ1) is 15.7. The summed E-state index contributed by atoms with van der Waals surface area (Å²) in [5.74, 6) is 0.167. The molecule has 1 aliphatic heterocycles. The Morgan fingerprint density at radius 1 is 1.09 bits per heavy atom. The van der Waals surface area contributed by atoms with Crippen molar-refractivity contribution in [1.29, 1.82) is 5.26 Å². The number of carbonyl (C=O) groups is 1. The quantitative estimate of drug-likeness (QED) is 0.565. The molecule has 2 N–H and O–H groups in total. The summed E-state index contributed by atoms with van der Waals surface area (Å²) >= 11 is 0. The molecule has 1 saturated heterocycles. The number of amides is 1. The monoisotopic (exact) mass is 428 g/mol. The lowest BCUT2D eigenvalue weighted by atomic mass is 10.1. The first-order valence-electron chi connectivity index (χ1n) is 10.9. The van der Waals surface area contributed by atoms with E-state index < -0.39 is 0 Å². The van der Waals surface area contributed by atoms with Crippen molar-refractivity contribution in [3.63, 3.8) is 0 Å². The van der Waals surface area contributed by atoms with Crippen LogP contribution in [0.5, 0.6) is 0 Å². The smallest absolute Gasteiger partial charge is 0.240 e. The van der Waals surface area contributed by atoms with E-state index >= 15 is 0 Å². The third kappa shape index (κ3) is 5.05. The van der Waals surface area contributed by atoms with Gasteiger partial charge in [-0.1, -0.05) is 42.5 Å². The third-order valence-electron chi connectivity index (χ3n) is 5.94. The molecule has 1 fully saturated rings. The van der Waals surface area contributed by atoms with Crippen LogP contribution in [0.15, 0.2) is 67.1 Å². The summed E-state index contributed by atoms with van der Waals surface area (Å²) in [6, 6.07) is 19.7. The minimum Gasteiger partial charge on any atom is -0.337 e. The van der Waals surface area contributed by atoms with Gasteiger partial charge < -0.3 is 15.2 Å². The van der Waals surface area contributed by atoms with Crippen molar-refractivity contribution < 1.29 is 4.79 Å². The van der Waals surface area contributed by atoms with Gasteiger partial charge in [-0.2, -0.15) is 5.26 Å². The van der Waals surface area contributed by atoms with Gasteiger partial charge in [-0.3, -0.25) is 9.69 Å². The topological polar surface area (TPSA) is 91.2 Å². The molecular formula is C25H28N6O. The number of benzene rings is 2. The maximum Gasteiger partial charge on any atom is 0.240 e. The number of nitrogens with two attached hydrogens (primary N) is 1. The maximum absolute atomic E-state index is 13.2. The lowest BCUT2D eigenvalue weighted by molar-refractivity contribution is -0.132. The average Bonchev–Trinajstić information content (AvgIpc) is 3.41. The summed E-state index contributed by atoms with van der Waals surface area (Å²) in [6.45, 7) is 3.82. The Morgan fingerprint density at radius 3 is 2.56 bits per heavy atom. The van der Waals surface area contributed by atoms with Crippen molar-refractivity contribution in [1.82, 2.24) is 19.4 Å². The molecule has 1 aromatic heterocycles. The van der Waals surface area contributed by atoms with Crippen molar-refractivity contribution in [2.75, 3.05) is 19.6 Å². The Bertz CT molecular complexity index is 1070. The van der Waals surface area contributed by atoms with E-state index in [4.69, 9.17) is 11.0 Å². The molecule has 0 unspecified atom stereocenters. The van der Waals surface area contributed by atoms with Crippen LogP contribution in [0.4, 0.5) is 0 Å². The van der Waals surface area contributed by atoms with Crippen LogP contribution in [0, 0.1) is 11.3 Å². The van der Waals surface area contributed by atoms with Crippen LogP contribution >= 0.6 is 0 Å². The van der Waals surface area contributed by atoms with Gasteiger partial charge in [0.05, 0.1) is 29.7 Å². The molecule has 1 amide bonds. The lowest BCUT2D eigenvalue weighted by Gasteiger charge is -2.28. The zero-order valence-electron chi connectivity index (χ0n) is 18.1. The summed E-state index contributed by atoms with van der Waals surface area (Å²) in [5, 5.41) is 8.99. The lowest BCUT2D eigenvalue weighted by Crippen LogP contribution is -2.43. The number of hydrogen-bond donors (Lipinski definition) is 1. The van der Waals surface area contributed by atoms with Crippen molar-refractivity contribution in [2.45, 2.75) is 32.1 Å². The van der Waals surface area contributed by atoms with Gasteiger partial charge in [0.1, 0.15) is 0 Å². The first kappa shape index (κ1) is 21.8. The van der Waals surface area contributed by atoms with Gasteiger partial charge in [0.25, 0.3) is 0 Å². The maximum atomic E-state index is 13.2. The number of imidazole rings is 1. The largest absolute Gasteiger partial charge is 0.337 e. The SMILES string of the molecule is N#Cc1ccc(Cn2cncc2CN(CCN)[C@@H]2CCN(Cc3ccccc3)C2=O)cc1. The standard InChI is InChI=1S/C25H28N6O/c26-11-13-29(24-10-12-30(25(24)32)16-21-4-2-1-3-5-21)18-23-15-28-19-31(23)17-22-8-6-20(14-27)7-9-22/h1-9,15,19,24H,10-13,16-18,26H2/t24-/m1/s1. The molecule has 164 valence electrons. The molecule has 4 rings (SSSR count). The second-order valence-corrected chi connectivity index (χ2v) is 8.13. The molecule has 0 radical (unpaired) electrons. The highest BCUT2D eigenvalue weighted by Gasteiger charge is 2.35. The Morgan fingerprint density at radius 2 is 1.84 bits per heavy atom. The van der Waals surface area contributed by atoms with Crippen LogP contribution in [-0.2, 0) is 24.4 Å². The number of carbonyl (C=O) groups excluding carboxylic acids is 1. The molecule has 0 aliphatic carbocycles. The van der Waals surface area contributed by atoms with Gasteiger partial charge in [0.2, 0.25) is 5.91 Å². The van der Waals surface area contributed by atoms with E-state index in [1.165, 1.54) is 0 Å². The van der Waals surface area contributed by atoms with Gasteiger partial charge in [0.15, 0.2) is 0 Å². The number of likely N-dealkylation sites (tertiary alicyclic amines) is 1. The third-order valence-corrected chi connectivity index (χ3v) is 5.94. The highest BCUT2D eigenvalue weighted by Crippen LogP contribution is 2.22. The molecular weight excluding hydrogens is 400 g/mol. The number of nitrogens with zero attached hydrogens (tertiary/aromatic N) is 5. The van der Waals surface area contributed by atoms with Crippen LogP contribution < -0.4 is 5.73 Å². The fraction of sp³-hybridized carbons (Fsp3) is 0.320. The van der Waals surface area contributed by atoms with Crippen LogP contribution in [0.25, 0.3) is 0 Å². The summed E-state index contributed by atoms with van der Waals surface area (Å²) in [7, 11) is 0. The zero-order valence-corrected chi connectivity index (χ0v) is 18.1. The first-order valence-corrected chi connectivity index (χ1v) is 10.9. The fourth-order valence-electron chi connectivity index (χ4n) is 4.24. The Balaban J connectivity index is 1.44. The summed E-state index contributed by atoms with van der Waals surface area (Å²) in [4.78, 5) is 21.6. The molecule has 32 heavy (non-hydrogen) atoms. The molecule has 0 spiro atoms. The van der Waals surface area contributed by atoms with Crippen LogP contribution in [-0.4, -0.2) is 50.9 Å². The van der Waals surface area contributed by atoms with Crippen molar-refractivity contribution in [3.8, 4) is 6.07 Å². The van der Waals surface area contributed by atoms with Gasteiger partial charge in [-0.15, -0.1) is 0 Å². The summed E-state index contributed by atoms with van der Waals surface area (Å²) in [6.07, 6.45) is 4.47. The van der Waals surface area contributed by atoms with Crippen LogP contribution in [0.1, 0.15) is 28.8 Å². The number of aromatic nitrogens is 2. The molecule has 0 bridgehead atoms. The molecule has 2 heterocycles. The zero-order chi connectivity index (χ0) is 22.3. The molecule has 1 atom stereocenters. The molecule has 7 nitrogen and oxygen atoms in total. The second-order valence-electron chi connectivity index (χ2n) is 8.13. The fourth-order valence-corrected chi connectivity index (χ4v) is 4.24. The summed E-state index contributed by atoms with van der Waals surface area (Å²) < 4.78 is 2.09. The van der Waals surface area contributed by atoms with E-state index in [-0.39, 0.29) is 11.9 Å². The molecule has 2 aromatic carbocycles.